The Morgan fingerprint density at radius 1 is 1.25 bits per heavy atom. The Balaban J connectivity index is 1.83. The fourth-order valence-electron chi connectivity index (χ4n) is 2.73. The third kappa shape index (κ3) is 4.59. The molecule has 4 nitrogen and oxygen atoms in total. The van der Waals surface area contributed by atoms with Crippen LogP contribution in [0.25, 0.3) is 6.08 Å². The molecule has 0 saturated carbocycles. The van der Waals surface area contributed by atoms with Crippen molar-refractivity contribution >= 4 is 56.2 Å². The standard InChI is InChI=1S/C21H20BrNO3S2/c1-4-23-20(24)18(28-21(23)27)11-15-9-16(22)19(17(10-15)25-3)26-12-14-7-5-13(2)6-8-14/h5-11H,4,12H2,1-3H3. The van der Waals surface area contributed by atoms with Crippen LogP contribution in [0.4, 0.5) is 0 Å². The first-order valence-electron chi connectivity index (χ1n) is 8.74. The van der Waals surface area contributed by atoms with Gasteiger partial charge in [0.25, 0.3) is 5.91 Å². The largest absolute Gasteiger partial charge is 0.493 e. The monoisotopic (exact) mass is 477 g/mol. The maximum Gasteiger partial charge on any atom is 0.266 e. The smallest absolute Gasteiger partial charge is 0.266 e. The number of nitrogens with zero attached hydrogens (tertiary/aromatic N) is 1. The van der Waals surface area contributed by atoms with Crippen LogP contribution in [0.3, 0.4) is 0 Å². The summed E-state index contributed by atoms with van der Waals surface area (Å²) < 4.78 is 12.9. The fraction of sp³-hybridized carbons (Fsp3) is 0.238. The lowest BCUT2D eigenvalue weighted by Gasteiger charge is -2.14. The van der Waals surface area contributed by atoms with Crippen molar-refractivity contribution in [3.8, 4) is 11.5 Å². The molecule has 3 rings (SSSR count). The summed E-state index contributed by atoms with van der Waals surface area (Å²) in [6.45, 7) is 4.97. The maximum absolute atomic E-state index is 12.4. The molecular formula is C21H20BrNO3S2. The zero-order valence-corrected chi connectivity index (χ0v) is 19.0. The molecule has 1 heterocycles. The van der Waals surface area contributed by atoms with Crippen LogP contribution < -0.4 is 9.47 Å². The van der Waals surface area contributed by atoms with Crippen LogP contribution in [-0.4, -0.2) is 28.8 Å². The van der Waals surface area contributed by atoms with Crippen LogP contribution in [-0.2, 0) is 11.4 Å². The van der Waals surface area contributed by atoms with Gasteiger partial charge in [0.1, 0.15) is 10.9 Å². The molecule has 0 spiro atoms. The predicted molar refractivity (Wildman–Crippen MR) is 122 cm³/mol. The molecule has 2 aromatic carbocycles. The minimum atomic E-state index is -0.0627. The van der Waals surface area contributed by atoms with E-state index in [1.165, 1.54) is 17.3 Å². The van der Waals surface area contributed by atoms with Crippen LogP contribution in [0.1, 0.15) is 23.6 Å². The second kappa shape index (κ2) is 9.11. The van der Waals surface area contributed by atoms with Crippen LogP contribution in [0.2, 0.25) is 0 Å². The number of hydrogen-bond acceptors (Lipinski definition) is 5. The van der Waals surface area contributed by atoms with Gasteiger partial charge < -0.3 is 9.47 Å². The van der Waals surface area contributed by atoms with Gasteiger partial charge in [-0.1, -0.05) is 53.8 Å². The maximum atomic E-state index is 12.4. The average molecular weight is 478 g/mol. The Labute approximate surface area is 183 Å². The molecule has 0 atom stereocenters. The van der Waals surface area contributed by atoms with Gasteiger partial charge in [-0.15, -0.1) is 0 Å². The van der Waals surface area contributed by atoms with Gasteiger partial charge in [0.2, 0.25) is 0 Å². The molecular weight excluding hydrogens is 458 g/mol. The van der Waals surface area contributed by atoms with Gasteiger partial charge in [-0.05, 0) is 59.1 Å². The third-order valence-corrected chi connectivity index (χ3v) is 6.21. The Kier molecular flexibility index (Phi) is 6.80. The Bertz CT molecular complexity index is 941. The molecule has 28 heavy (non-hydrogen) atoms. The molecule has 0 radical (unpaired) electrons. The Hall–Kier alpha value is -1.83. The van der Waals surface area contributed by atoms with Gasteiger partial charge in [-0.25, -0.2) is 0 Å². The van der Waals surface area contributed by atoms with Crippen molar-refractivity contribution in [1.29, 1.82) is 0 Å². The highest BCUT2D eigenvalue weighted by Gasteiger charge is 2.30. The van der Waals surface area contributed by atoms with E-state index >= 15 is 0 Å². The summed E-state index contributed by atoms with van der Waals surface area (Å²) in [6, 6.07) is 12.0. The number of halogens is 1. The summed E-state index contributed by atoms with van der Waals surface area (Å²) in [5, 5.41) is 0. The molecule has 0 unspecified atom stereocenters. The van der Waals surface area contributed by atoms with Crippen molar-refractivity contribution in [2.24, 2.45) is 0 Å². The molecule has 1 saturated heterocycles. The summed E-state index contributed by atoms with van der Waals surface area (Å²) in [5.41, 5.74) is 3.12. The van der Waals surface area contributed by atoms with E-state index in [4.69, 9.17) is 21.7 Å². The van der Waals surface area contributed by atoms with E-state index in [2.05, 4.69) is 35.0 Å². The zero-order chi connectivity index (χ0) is 20.3. The van der Waals surface area contributed by atoms with Crippen molar-refractivity contribution in [1.82, 2.24) is 4.90 Å². The highest BCUT2D eigenvalue weighted by atomic mass is 79.9. The summed E-state index contributed by atoms with van der Waals surface area (Å²) in [4.78, 5) is 14.6. The molecule has 0 bridgehead atoms. The zero-order valence-electron chi connectivity index (χ0n) is 15.8. The number of hydrogen-bond donors (Lipinski definition) is 0. The van der Waals surface area contributed by atoms with Crippen molar-refractivity contribution in [2.45, 2.75) is 20.5 Å². The van der Waals surface area contributed by atoms with Crippen LogP contribution in [0.15, 0.2) is 45.8 Å². The number of carbonyl (C=O) groups excluding carboxylic acids is 1. The van der Waals surface area contributed by atoms with E-state index in [0.29, 0.717) is 33.9 Å². The van der Waals surface area contributed by atoms with Crippen LogP contribution in [0, 0.1) is 6.92 Å². The predicted octanol–water partition coefficient (Wildman–Crippen LogP) is 5.57. The van der Waals surface area contributed by atoms with Crippen LogP contribution in [0.5, 0.6) is 11.5 Å². The summed E-state index contributed by atoms with van der Waals surface area (Å²) in [5.74, 6) is 1.16. The van der Waals surface area contributed by atoms with E-state index in [0.717, 1.165) is 15.6 Å². The number of carbonyl (C=O) groups is 1. The van der Waals surface area contributed by atoms with E-state index in [9.17, 15) is 4.79 Å². The van der Waals surface area contributed by atoms with Gasteiger partial charge in [0.15, 0.2) is 11.5 Å². The summed E-state index contributed by atoms with van der Waals surface area (Å²) in [7, 11) is 1.60. The molecule has 1 fully saturated rings. The minimum Gasteiger partial charge on any atom is -0.493 e. The van der Waals surface area contributed by atoms with Gasteiger partial charge in [-0.3, -0.25) is 9.69 Å². The first kappa shape index (κ1) is 20.9. The number of aryl methyl sites for hydroxylation is 1. The molecule has 7 heteroatoms. The van der Waals surface area contributed by atoms with Gasteiger partial charge in [0, 0.05) is 6.54 Å². The number of thiocarbonyl (C=S) groups is 1. The molecule has 1 aliphatic rings. The molecule has 1 amide bonds. The summed E-state index contributed by atoms with van der Waals surface area (Å²) >= 11 is 10.1. The quantitative estimate of drug-likeness (QED) is 0.401. The number of thioether (sulfide) groups is 1. The normalized spacial score (nSPS) is 15.4. The molecule has 0 N–H and O–H groups in total. The average Bonchev–Trinajstić information content (AvgIpc) is 2.94. The van der Waals surface area contributed by atoms with Crippen LogP contribution >= 0.6 is 39.9 Å². The fourth-order valence-corrected chi connectivity index (χ4v) is 4.69. The van der Waals surface area contributed by atoms with Crippen molar-refractivity contribution in [3.05, 3.63) is 62.5 Å². The minimum absolute atomic E-state index is 0.0627. The van der Waals surface area contributed by atoms with Gasteiger partial charge >= 0.3 is 0 Å². The first-order valence-corrected chi connectivity index (χ1v) is 10.8. The molecule has 1 aliphatic heterocycles. The number of amides is 1. The number of ether oxygens (including phenoxy) is 2. The van der Waals surface area contributed by atoms with Crippen molar-refractivity contribution in [3.63, 3.8) is 0 Å². The van der Waals surface area contributed by atoms with E-state index in [1.54, 1.807) is 12.0 Å². The highest BCUT2D eigenvalue weighted by molar-refractivity contribution is 9.10. The highest BCUT2D eigenvalue weighted by Crippen LogP contribution is 2.39. The second-order valence-corrected chi connectivity index (χ2v) is 8.76. The summed E-state index contributed by atoms with van der Waals surface area (Å²) in [6.07, 6.45) is 1.83. The SMILES string of the molecule is CCN1C(=O)C(=Cc2cc(Br)c(OCc3ccc(C)cc3)c(OC)c2)SC1=S. The molecule has 146 valence electrons. The van der Waals surface area contributed by atoms with Crippen molar-refractivity contribution < 1.29 is 14.3 Å². The number of benzene rings is 2. The van der Waals surface area contributed by atoms with E-state index < -0.39 is 0 Å². The lowest BCUT2D eigenvalue weighted by Crippen LogP contribution is -2.27. The number of methoxy groups -OCH3 is 1. The lowest BCUT2D eigenvalue weighted by molar-refractivity contribution is -0.121. The number of rotatable bonds is 6. The number of likely N-dealkylation sites (N-methyl/N-ethyl adjacent to an activating group) is 1. The molecule has 0 aromatic heterocycles. The first-order chi connectivity index (χ1) is 13.4. The third-order valence-electron chi connectivity index (χ3n) is 4.24. The van der Waals surface area contributed by atoms with E-state index in [1.807, 2.05) is 37.3 Å². The Morgan fingerprint density at radius 2 is 1.96 bits per heavy atom. The molecule has 2 aromatic rings. The molecule has 0 aliphatic carbocycles. The lowest BCUT2D eigenvalue weighted by atomic mass is 10.1. The van der Waals surface area contributed by atoms with Gasteiger partial charge in [0.05, 0.1) is 16.5 Å². The van der Waals surface area contributed by atoms with Gasteiger partial charge in [-0.2, -0.15) is 0 Å². The topological polar surface area (TPSA) is 38.8 Å². The van der Waals surface area contributed by atoms with Crippen molar-refractivity contribution in [2.75, 3.05) is 13.7 Å². The van der Waals surface area contributed by atoms with E-state index in [-0.39, 0.29) is 5.91 Å². The Morgan fingerprint density at radius 3 is 2.57 bits per heavy atom. The second-order valence-electron chi connectivity index (χ2n) is 6.23.